The third-order valence-corrected chi connectivity index (χ3v) is 4.31. The van der Waals surface area contributed by atoms with Crippen molar-refractivity contribution in [1.29, 1.82) is 0 Å². The smallest absolute Gasteiger partial charge is 0.168 e. The van der Waals surface area contributed by atoms with Crippen molar-refractivity contribution in [2.45, 2.75) is 25.3 Å². The van der Waals surface area contributed by atoms with E-state index in [1.165, 1.54) is 12.8 Å². The summed E-state index contributed by atoms with van der Waals surface area (Å²) >= 11 is 0. The van der Waals surface area contributed by atoms with E-state index < -0.39 is 0 Å². The molecule has 23 heavy (non-hydrogen) atoms. The van der Waals surface area contributed by atoms with E-state index in [2.05, 4.69) is 25.7 Å². The average Bonchev–Trinajstić information content (AvgIpc) is 3.25. The molecule has 6 nitrogen and oxygen atoms in total. The number of para-hydroxylation sites is 1. The summed E-state index contributed by atoms with van der Waals surface area (Å²) in [6, 6.07) is 10.7. The van der Waals surface area contributed by atoms with E-state index >= 15 is 0 Å². The Morgan fingerprint density at radius 2 is 2.13 bits per heavy atom. The number of rotatable bonds is 5. The Morgan fingerprint density at radius 3 is 2.96 bits per heavy atom. The number of hydrogen-bond acceptors (Lipinski definition) is 5. The first kappa shape index (κ1) is 14.1. The van der Waals surface area contributed by atoms with Crippen LogP contribution >= 0.6 is 0 Å². The molecule has 3 heterocycles. The van der Waals surface area contributed by atoms with E-state index in [1.54, 1.807) is 6.33 Å². The van der Waals surface area contributed by atoms with Gasteiger partial charge in [-0.25, -0.2) is 14.6 Å². The van der Waals surface area contributed by atoms with Crippen molar-refractivity contribution in [3.8, 4) is 5.69 Å². The molecule has 0 bridgehead atoms. The van der Waals surface area contributed by atoms with Gasteiger partial charge in [0.2, 0.25) is 0 Å². The minimum atomic E-state index is 0.631. The van der Waals surface area contributed by atoms with Crippen LogP contribution in [-0.2, 0) is 0 Å². The normalized spacial score (nSPS) is 17.7. The molecule has 118 valence electrons. The van der Waals surface area contributed by atoms with E-state index in [-0.39, 0.29) is 0 Å². The van der Waals surface area contributed by atoms with E-state index in [9.17, 15) is 0 Å². The van der Waals surface area contributed by atoms with Crippen LogP contribution in [0.15, 0.2) is 42.9 Å². The first-order valence-corrected chi connectivity index (χ1v) is 8.13. The van der Waals surface area contributed by atoms with E-state index in [1.807, 2.05) is 41.2 Å². The highest BCUT2D eigenvalue weighted by Crippen LogP contribution is 2.21. The Hall–Kier alpha value is -2.47. The first-order chi connectivity index (χ1) is 11.4. The van der Waals surface area contributed by atoms with Crippen molar-refractivity contribution in [1.82, 2.24) is 25.1 Å². The lowest BCUT2D eigenvalue weighted by Crippen LogP contribution is -2.24. The van der Waals surface area contributed by atoms with Gasteiger partial charge < -0.3 is 10.6 Å². The maximum atomic E-state index is 4.47. The summed E-state index contributed by atoms with van der Waals surface area (Å²) in [5.41, 5.74) is 1.83. The fourth-order valence-electron chi connectivity index (χ4n) is 3.11. The van der Waals surface area contributed by atoms with Gasteiger partial charge in [-0.3, -0.25) is 0 Å². The van der Waals surface area contributed by atoms with Crippen LogP contribution in [0.5, 0.6) is 0 Å². The van der Waals surface area contributed by atoms with Gasteiger partial charge in [-0.05, 0) is 37.9 Å². The second kappa shape index (κ2) is 6.34. The molecule has 6 heteroatoms. The van der Waals surface area contributed by atoms with Crippen LogP contribution in [-0.4, -0.2) is 38.9 Å². The molecule has 0 radical (unpaired) electrons. The van der Waals surface area contributed by atoms with Gasteiger partial charge in [-0.2, -0.15) is 5.10 Å². The molecule has 0 saturated carbocycles. The predicted octanol–water partition coefficient (Wildman–Crippen LogP) is 2.37. The lowest BCUT2D eigenvalue weighted by atomic mass is 10.1. The molecule has 3 aromatic rings. The Bertz CT molecular complexity index is 776. The Labute approximate surface area is 135 Å². The van der Waals surface area contributed by atoms with Crippen LogP contribution in [0, 0.1) is 0 Å². The minimum absolute atomic E-state index is 0.631. The number of anilines is 1. The van der Waals surface area contributed by atoms with E-state index in [0.29, 0.717) is 6.04 Å². The van der Waals surface area contributed by atoms with Gasteiger partial charge in [0.15, 0.2) is 5.65 Å². The lowest BCUT2D eigenvalue weighted by molar-refractivity contribution is 0.574. The van der Waals surface area contributed by atoms with Gasteiger partial charge in [0.1, 0.15) is 12.1 Å². The highest BCUT2D eigenvalue weighted by Gasteiger charge is 2.14. The summed E-state index contributed by atoms with van der Waals surface area (Å²) in [7, 11) is 0. The molecule has 4 rings (SSSR count). The van der Waals surface area contributed by atoms with Crippen molar-refractivity contribution in [3.05, 3.63) is 42.9 Å². The van der Waals surface area contributed by atoms with Crippen molar-refractivity contribution in [2.75, 3.05) is 18.4 Å². The van der Waals surface area contributed by atoms with E-state index in [4.69, 9.17) is 0 Å². The summed E-state index contributed by atoms with van der Waals surface area (Å²) in [5.74, 6) is 0.857. The van der Waals surface area contributed by atoms with Crippen molar-refractivity contribution in [3.63, 3.8) is 0 Å². The number of nitrogens with zero attached hydrogens (tertiary/aromatic N) is 4. The Kier molecular flexibility index (Phi) is 3.90. The van der Waals surface area contributed by atoms with E-state index in [0.717, 1.165) is 42.0 Å². The van der Waals surface area contributed by atoms with Gasteiger partial charge in [-0.1, -0.05) is 18.2 Å². The molecule has 1 saturated heterocycles. The summed E-state index contributed by atoms with van der Waals surface area (Å²) < 4.78 is 1.85. The zero-order chi connectivity index (χ0) is 15.5. The fraction of sp³-hybridized carbons (Fsp3) is 0.353. The monoisotopic (exact) mass is 308 g/mol. The quantitative estimate of drug-likeness (QED) is 0.757. The largest absolute Gasteiger partial charge is 0.369 e. The molecule has 0 aliphatic carbocycles. The molecule has 1 aliphatic rings. The lowest BCUT2D eigenvalue weighted by Gasteiger charge is -2.11. The molecular formula is C17H20N6. The molecule has 1 atom stereocenters. The standard InChI is InChI=1S/C17H20N6/c1-2-6-14(7-3-1)23-17-15(11-22-23)16(20-12-21-17)19-10-8-13-5-4-9-18-13/h1-3,6-7,11-13,18H,4-5,8-10H2,(H,19,20,21)/t13-/m1/s1. The first-order valence-electron chi connectivity index (χ1n) is 8.13. The Balaban J connectivity index is 1.55. The summed E-state index contributed by atoms with van der Waals surface area (Å²) in [5, 5.41) is 12.4. The Morgan fingerprint density at radius 1 is 1.22 bits per heavy atom. The van der Waals surface area contributed by atoms with Gasteiger partial charge in [0.25, 0.3) is 0 Å². The van der Waals surface area contributed by atoms with Gasteiger partial charge >= 0.3 is 0 Å². The highest BCUT2D eigenvalue weighted by atomic mass is 15.3. The van der Waals surface area contributed by atoms with Crippen molar-refractivity contribution >= 4 is 16.9 Å². The average molecular weight is 308 g/mol. The SMILES string of the molecule is c1ccc(-n2ncc3c(NCC[C@H]4CCCN4)ncnc32)cc1. The van der Waals surface area contributed by atoms with Gasteiger partial charge in [0, 0.05) is 12.6 Å². The van der Waals surface area contributed by atoms with Crippen LogP contribution in [0.2, 0.25) is 0 Å². The zero-order valence-electron chi connectivity index (χ0n) is 12.9. The summed E-state index contributed by atoms with van der Waals surface area (Å²) in [4.78, 5) is 8.78. The van der Waals surface area contributed by atoms with Gasteiger partial charge in [-0.15, -0.1) is 0 Å². The number of benzene rings is 1. The number of nitrogens with one attached hydrogen (secondary N) is 2. The van der Waals surface area contributed by atoms with Crippen molar-refractivity contribution in [2.24, 2.45) is 0 Å². The number of fused-ring (bicyclic) bond motifs is 1. The molecule has 0 unspecified atom stereocenters. The molecule has 1 aromatic carbocycles. The molecular weight excluding hydrogens is 288 g/mol. The van der Waals surface area contributed by atoms with Crippen LogP contribution in [0.4, 0.5) is 5.82 Å². The topological polar surface area (TPSA) is 67.7 Å². The van der Waals surface area contributed by atoms with Crippen LogP contribution in [0.1, 0.15) is 19.3 Å². The molecule has 2 aromatic heterocycles. The van der Waals surface area contributed by atoms with Gasteiger partial charge in [0.05, 0.1) is 17.3 Å². The molecule has 1 fully saturated rings. The third kappa shape index (κ3) is 2.90. The maximum absolute atomic E-state index is 4.47. The summed E-state index contributed by atoms with van der Waals surface area (Å²) in [6.45, 7) is 2.05. The van der Waals surface area contributed by atoms with Crippen molar-refractivity contribution < 1.29 is 0 Å². The second-order valence-corrected chi connectivity index (χ2v) is 5.86. The molecule has 0 spiro atoms. The molecule has 1 aliphatic heterocycles. The minimum Gasteiger partial charge on any atom is -0.369 e. The molecule has 0 amide bonds. The number of hydrogen-bond donors (Lipinski definition) is 2. The van der Waals surface area contributed by atoms with Crippen LogP contribution in [0.3, 0.4) is 0 Å². The predicted molar refractivity (Wildman–Crippen MR) is 90.8 cm³/mol. The summed E-state index contributed by atoms with van der Waals surface area (Å²) in [6.07, 6.45) is 7.09. The maximum Gasteiger partial charge on any atom is 0.168 e. The second-order valence-electron chi connectivity index (χ2n) is 5.86. The highest BCUT2D eigenvalue weighted by molar-refractivity contribution is 5.87. The molecule has 2 N–H and O–H groups in total. The zero-order valence-corrected chi connectivity index (χ0v) is 12.9. The van der Waals surface area contributed by atoms with Crippen LogP contribution < -0.4 is 10.6 Å². The van der Waals surface area contributed by atoms with Crippen LogP contribution in [0.25, 0.3) is 16.7 Å². The third-order valence-electron chi connectivity index (χ3n) is 4.31. The fourth-order valence-corrected chi connectivity index (χ4v) is 3.11. The number of aromatic nitrogens is 4.